The molecule has 2 saturated heterocycles. The number of nitrogens with zero attached hydrogens (tertiary/aromatic N) is 5. The van der Waals surface area contributed by atoms with Crippen molar-refractivity contribution in [1.82, 2.24) is 29.4 Å². The van der Waals surface area contributed by atoms with Crippen molar-refractivity contribution in [1.29, 1.82) is 0 Å². The molecule has 0 bridgehead atoms. The maximum Gasteiger partial charge on any atom is 0.318 e. The SMILES string of the molecule is CNc1nc(OC)nc2c(F)c(-c3c(C4CC4)c(C)cc4c3cnn4PI)[nH]c(=O)c12.FC1CC2CCCN2C1. The van der Waals surface area contributed by atoms with E-state index in [4.69, 9.17) is 4.74 Å². The largest absolute Gasteiger partial charge is 0.467 e. The van der Waals surface area contributed by atoms with Gasteiger partial charge in [0.2, 0.25) is 0 Å². The van der Waals surface area contributed by atoms with Crippen LogP contribution in [0.25, 0.3) is 33.1 Å². The van der Waals surface area contributed by atoms with E-state index in [2.05, 4.69) is 58.4 Å². The summed E-state index contributed by atoms with van der Waals surface area (Å²) in [5.41, 5.74) is 3.34. The van der Waals surface area contributed by atoms with Gasteiger partial charge in [0, 0.05) is 30.6 Å². The molecule has 5 heterocycles. The molecule has 0 spiro atoms. The number of ether oxygens (including phenoxy) is 1. The van der Waals surface area contributed by atoms with Crippen molar-refractivity contribution in [2.45, 2.75) is 57.2 Å². The van der Waals surface area contributed by atoms with Crippen LogP contribution in [0.2, 0.25) is 0 Å². The Hall–Kier alpha value is -2.44. The van der Waals surface area contributed by atoms with Crippen LogP contribution in [0, 0.1) is 12.7 Å². The average Bonchev–Trinajstić information content (AvgIpc) is 3.40. The summed E-state index contributed by atoms with van der Waals surface area (Å²) in [6.07, 6.45) is 7.06. The molecule has 7 rings (SSSR count). The number of hydrogen-bond acceptors (Lipinski definition) is 7. The zero-order valence-corrected chi connectivity index (χ0v) is 25.7. The van der Waals surface area contributed by atoms with Gasteiger partial charge in [0.25, 0.3) is 5.56 Å². The monoisotopic (exact) mass is 681 g/mol. The van der Waals surface area contributed by atoms with Gasteiger partial charge in [-0.1, -0.05) is 0 Å². The van der Waals surface area contributed by atoms with Crippen LogP contribution in [0.3, 0.4) is 0 Å². The number of benzene rings is 1. The summed E-state index contributed by atoms with van der Waals surface area (Å²) < 4.78 is 35.6. The number of nitrogens with one attached hydrogen (secondary N) is 2. The summed E-state index contributed by atoms with van der Waals surface area (Å²) in [4.78, 5) is 26.5. The minimum Gasteiger partial charge on any atom is -0.467 e. The lowest BCUT2D eigenvalue weighted by Crippen LogP contribution is -2.22. The highest BCUT2D eigenvalue weighted by Crippen LogP contribution is 2.49. The summed E-state index contributed by atoms with van der Waals surface area (Å²) in [5.74, 6) is -0.0502. The topological polar surface area (TPSA) is 101 Å². The van der Waals surface area contributed by atoms with Gasteiger partial charge in [0.15, 0.2) is 5.82 Å². The quantitative estimate of drug-likeness (QED) is 0.206. The van der Waals surface area contributed by atoms with Crippen molar-refractivity contribution in [3.05, 3.63) is 39.6 Å². The molecule has 2 aliphatic heterocycles. The molecule has 40 heavy (non-hydrogen) atoms. The van der Waals surface area contributed by atoms with Crippen molar-refractivity contribution < 1.29 is 13.5 Å². The smallest absolute Gasteiger partial charge is 0.318 e. The number of halogens is 3. The standard InChI is InChI=1S/C20H19FIN6O2P.C7H12FN/c1-8-6-11-10(7-24-28(11)31-22)13(12(8)9-4-5-9)16-15(21)17-14(19(29)25-16)18(23-2)27-20(26-17)30-3;8-6-4-7-2-1-3-9(7)5-6/h6-7,9,31H,4-5H2,1-3H3,(H,25,29)(H,23,26,27);6-7H,1-5H2. The Morgan fingerprint density at radius 3 is 2.75 bits per heavy atom. The molecule has 1 saturated carbocycles. The second-order valence-electron chi connectivity index (χ2n) is 10.6. The molecule has 3 unspecified atom stereocenters. The molecule has 1 aromatic carbocycles. The zero-order valence-electron chi connectivity index (χ0n) is 22.5. The van der Waals surface area contributed by atoms with E-state index in [0.717, 1.165) is 47.8 Å². The maximum atomic E-state index is 16.0. The summed E-state index contributed by atoms with van der Waals surface area (Å²) in [5, 5.41) is 8.19. The molecule has 2 N–H and O–H groups in total. The predicted molar refractivity (Wildman–Crippen MR) is 163 cm³/mol. The fourth-order valence-electron chi connectivity index (χ4n) is 6.18. The van der Waals surface area contributed by atoms with E-state index in [0.29, 0.717) is 30.4 Å². The van der Waals surface area contributed by atoms with Gasteiger partial charge >= 0.3 is 6.01 Å². The summed E-state index contributed by atoms with van der Waals surface area (Å²) in [6, 6.07) is 2.70. The van der Waals surface area contributed by atoms with E-state index in [-0.39, 0.29) is 28.4 Å². The Labute approximate surface area is 244 Å². The Balaban J connectivity index is 0.000000271. The van der Waals surface area contributed by atoms with E-state index in [1.165, 1.54) is 20.0 Å². The molecule has 3 aliphatic rings. The lowest BCUT2D eigenvalue weighted by atomic mass is 9.92. The third-order valence-electron chi connectivity index (χ3n) is 8.10. The highest BCUT2D eigenvalue weighted by atomic mass is 127. The van der Waals surface area contributed by atoms with Gasteiger partial charge < -0.3 is 15.0 Å². The first-order valence-electron chi connectivity index (χ1n) is 13.5. The van der Waals surface area contributed by atoms with E-state index >= 15 is 4.39 Å². The molecule has 0 radical (unpaired) electrons. The molecule has 0 amide bonds. The normalized spacial score (nSPS) is 20.9. The third-order valence-corrected chi connectivity index (χ3v) is 9.99. The molecule has 3 aromatic heterocycles. The van der Waals surface area contributed by atoms with Crippen molar-refractivity contribution in [2.75, 3.05) is 32.6 Å². The molecule has 3 fully saturated rings. The Kier molecular flexibility index (Phi) is 7.69. The van der Waals surface area contributed by atoms with Crippen LogP contribution >= 0.6 is 28.4 Å². The van der Waals surface area contributed by atoms with E-state index in [1.54, 1.807) is 13.2 Å². The Bertz CT molecular complexity index is 1650. The number of anilines is 1. The second kappa shape index (κ2) is 11.1. The molecular weight excluding hydrogens is 650 g/mol. The van der Waals surface area contributed by atoms with Crippen LogP contribution in [0.15, 0.2) is 17.1 Å². The molecule has 3 atom stereocenters. The van der Waals surface area contributed by atoms with Crippen molar-refractivity contribution in [3.8, 4) is 17.3 Å². The van der Waals surface area contributed by atoms with Crippen LogP contribution in [-0.2, 0) is 0 Å². The average molecular weight is 681 g/mol. The van der Waals surface area contributed by atoms with Gasteiger partial charge in [-0.15, -0.1) is 0 Å². The number of hydrogen-bond donors (Lipinski definition) is 2. The van der Waals surface area contributed by atoms with E-state index < -0.39 is 17.5 Å². The first-order valence-corrected chi connectivity index (χ1v) is 17.5. The number of rotatable bonds is 5. The number of aromatic amines is 1. The van der Waals surface area contributed by atoms with Gasteiger partial charge in [0.05, 0.1) is 30.9 Å². The van der Waals surface area contributed by atoms with Gasteiger partial charge in [-0.2, -0.15) is 15.1 Å². The van der Waals surface area contributed by atoms with Crippen LogP contribution in [-0.4, -0.2) is 68.9 Å². The minimum atomic E-state index is -0.606. The predicted octanol–water partition coefficient (Wildman–Crippen LogP) is 5.69. The number of fused-ring (bicyclic) bond motifs is 3. The first kappa shape index (κ1) is 27.7. The molecule has 212 valence electrons. The molecule has 4 aromatic rings. The van der Waals surface area contributed by atoms with Crippen molar-refractivity contribution in [2.24, 2.45) is 0 Å². The zero-order chi connectivity index (χ0) is 28.1. The molecule has 9 nitrogen and oxygen atoms in total. The highest BCUT2D eigenvalue weighted by Gasteiger charge is 2.35. The van der Waals surface area contributed by atoms with Gasteiger partial charge in [-0.05, 0) is 90.7 Å². The molecular formula is C27H31F2IN7O2P. The number of pyridine rings is 1. The minimum absolute atomic E-state index is 0.0111. The van der Waals surface area contributed by atoms with Crippen LogP contribution in [0.5, 0.6) is 6.01 Å². The first-order chi connectivity index (χ1) is 19.3. The Morgan fingerprint density at radius 1 is 1.27 bits per heavy atom. The van der Waals surface area contributed by atoms with Crippen molar-refractivity contribution in [3.63, 3.8) is 0 Å². The van der Waals surface area contributed by atoms with E-state index in [9.17, 15) is 9.18 Å². The molecule has 1 aliphatic carbocycles. The molecule has 13 heteroatoms. The van der Waals surface area contributed by atoms with Crippen LogP contribution in [0.4, 0.5) is 14.6 Å². The van der Waals surface area contributed by atoms with Gasteiger partial charge in [-0.25, -0.2) is 13.2 Å². The van der Waals surface area contributed by atoms with Gasteiger partial charge in [-0.3, -0.25) is 9.69 Å². The number of methoxy groups -OCH3 is 1. The summed E-state index contributed by atoms with van der Waals surface area (Å²) in [7, 11) is 3.02. The van der Waals surface area contributed by atoms with Gasteiger partial charge in [0.1, 0.15) is 22.9 Å². The number of aryl methyl sites for hydroxylation is 1. The fourth-order valence-corrected chi connectivity index (χ4v) is 7.71. The lowest BCUT2D eigenvalue weighted by Gasteiger charge is -2.16. The number of aromatic nitrogens is 5. The lowest BCUT2D eigenvalue weighted by molar-refractivity contribution is 0.292. The fraction of sp³-hybridized carbons (Fsp3) is 0.481. The second-order valence-corrected chi connectivity index (χ2v) is 12.7. The van der Waals surface area contributed by atoms with Crippen LogP contribution < -0.4 is 15.6 Å². The Morgan fingerprint density at radius 2 is 2.08 bits per heavy atom. The maximum absolute atomic E-state index is 16.0. The summed E-state index contributed by atoms with van der Waals surface area (Å²) in [6.45, 7) is 3.89. The van der Waals surface area contributed by atoms with Crippen LogP contribution in [0.1, 0.15) is 49.1 Å². The number of alkyl halides is 1. The third kappa shape index (κ3) is 4.85. The summed E-state index contributed by atoms with van der Waals surface area (Å²) >= 11 is 2.27. The van der Waals surface area contributed by atoms with E-state index in [1.807, 2.05) is 11.4 Å². The number of H-pyrrole nitrogens is 1. The highest BCUT2D eigenvalue weighted by molar-refractivity contribution is 14.2. The van der Waals surface area contributed by atoms with Crippen molar-refractivity contribution >= 4 is 56.0 Å².